The van der Waals surface area contributed by atoms with Gasteiger partial charge in [0.25, 0.3) is 5.91 Å². The molecule has 0 spiro atoms. The minimum atomic E-state index is -0.221. The van der Waals surface area contributed by atoms with E-state index in [2.05, 4.69) is 16.2 Å². The van der Waals surface area contributed by atoms with Crippen LogP contribution in [0.3, 0.4) is 0 Å². The van der Waals surface area contributed by atoms with Gasteiger partial charge in [-0.25, -0.2) is 0 Å². The highest BCUT2D eigenvalue weighted by Crippen LogP contribution is 2.49. The number of amides is 1. The maximum Gasteiger partial charge on any atom is 0.260 e. The number of hydrogen-bond donors (Lipinski definition) is 0. The number of fused-ring (bicyclic) bond motifs is 1. The summed E-state index contributed by atoms with van der Waals surface area (Å²) < 4.78 is 11.1. The normalized spacial score (nSPS) is 24.3. The van der Waals surface area contributed by atoms with Crippen LogP contribution in [0.2, 0.25) is 0 Å². The number of aryl methyl sites for hydroxylation is 1. The van der Waals surface area contributed by atoms with Crippen LogP contribution in [0.25, 0.3) is 0 Å². The number of hydrogen-bond acceptors (Lipinski definition) is 6. The molecule has 2 aliphatic rings. The molecular weight excluding hydrogens is 332 g/mol. The van der Waals surface area contributed by atoms with Gasteiger partial charge in [0.05, 0.1) is 11.0 Å². The molecule has 26 heavy (non-hydrogen) atoms. The van der Waals surface area contributed by atoms with Gasteiger partial charge in [0.2, 0.25) is 5.89 Å². The predicted molar refractivity (Wildman–Crippen MR) is 91.3 cm³/mol. The summed E-state index contributed by atoms with van der Waals surface area (Å²) in [5.74, 6) is 1.98. The number of aromatic nitrogens is 2. The summed E-state index contributed by atoms with van der Waals surface area (Å²) in [5, 5.41) is 13.1. The van der Waals surface area contributed by atoms with E-state index in [1.165, 1.54) is 0 Å². The number of carbonyl (C=O) groups is 1. The predicted octanol–water partition coefficient (Wildman–Crippen LogP) is 2.21. The van der Waals surface area contributed by atoms with Crippen molar-refractivity contribution in [3.05, 3.63) is 41.5 Å². The number of likely N-dealkylation sites (tertiary alicyclic amines) is 1. The molecule has 134 valence electrons. The third kappa shape index (κ3) is 2.71. The van der Waals surface area contributed by atoms with Crippen molar-refractivity contribution in [1.82, 2.24) is 15.0 Å². The molecular formula is C19H20N4O3. The van der Waals surface area contributed by atoms with Gasteiger partial charge in [-0.3, -0.25) is 4.79 Å². The average molecular weight is 352 g/mol. The summed E-state index contributed by atoms with van der Waals surface area (Å²) >= 11 is 0. The standard InChI is InChI=1S/C19H20N4O3/c1-13-21-18(26-22-13)19-8-4-6-15(19)10-23(12-19)17(24)11-25-16-7-3-2-5-14(16)9-20/h2-3,5,7,15H,4,6,8,10-12H2,1H3/t15-,19-/m1/s1. The number of nitriles is 1. The maximum absolute atomic E-state index is 12.7. The summed E-state index contributed by atoms with van der Waals surface area (Å²) in [6.45, 7) is 3.00. The molecule has 1 aliphatic heterocycles. The molecule has 1 saturated heterocycles. The molecule has 1 saturated carbocycles. The van der Waals surface area contributed by atoms with Crippen LogP contribution in [-0.4, -0.2) is 40.6 Å². The van der Waals surface area contributed by atoms with Crippen molar-refractivity contribution in [2.24, 2.45) is 5.92 Å². The molecule has 0 bridgehead atoms. The van der Waals surface area contributed by atoms with Gasteiger partial charge < -0.3 is 14.2 Å². The van der Waals surface area contributed by atoms with Gasteiger partial charge in [0, 0.05) is 13.1 Å². The molecule has 2 atom stereocenters. The van der Waals surface area contributed by atoms with Crippen LogP contribution >= 0.6 is 0 Å². The van der Waals surface area contributed by atoms with Gasteiger partial charge in [-0.2, -0.15) is 10.2 Å². The molecule has 4 rings (SSSR count). The highest BCUT2D eigenvalue weighted by molar-refractivity contribution is 5.78. The van der Waals surface area contributed by atoms with Crippen molar-refractivity contribution in [2.75, 3.05) is 19.7 Å². The minimum absolute atomic E-state index is 0.0790. The molecule has 1 aromatic heterocycles. The molecule has 0 radical (unpaired) electrons. The Labute approximate surface area is 151 Å². The van der Waals surface area contributed by atoms with Gasteiger partial charge >= 0.3 is 0 Å². The molecule has 2 aromatic rings. The SMILES string of the molecule is Cc1noc([C@@]23CCC[C@@H]2CN(C(=O)COc2ccccc2C#N)C3)n1. The van der Waals surface area contributed by atoms with Crippen LogP contribution in [0.15, 0.2) is 28.8 Å². The van der Waals surface area contributed by atoms with Gasteiger partial charge in [-0.15, -0.1) is 0 Å². The van der Waals surface area contributed by atoms with E-state index in [9.17, 15) is 4.79 Å². The summed E-state index contributed by atoms with van der Waals surface area (Å²) in [6, 6.07) is 9.00. The lowest BCUT2D eigenvalue weighted by Crippen LogP contribution is -2.37. The van der Waals surface area contributed by atoms with Gasteiger partial charge in [0.1, 0.15) is 11.8 Å². The molecule has 1 amide bonds. The second kappa shape index (κ2) is 6.45. The first-order valence-corrected chi connectivity index (χ1v) is 8.83. The molecule has 7 nitrogen and oxygen atoms in total. The van der Waals surface area contributed by atoms with Crippen LogP contribution in [-0.2, 0) is 10.2 Å². The first kappa shape index (κ1) is 16.6. The molecule has 1 aromatic carbocycles. The summed E-state index contributed by atoms with van der Waals surface area (Å²) in [4.78, 5) is 19.0. The lowest BCUT2D eigenvalue weighted by molar-refractivity contribution is -0.132. The maximum atomic E-state index is 12.7. The third-order valence-electron chi connectivity index (χ3n) is 5.54. The minimum Gasteiger partial charge on any atom is -0.482 e. The Morgan fingerprint density at radius 2 is 2.35 bits per heavy atom. The van der Waals surface area contributed by atoms with E-state index < -0.39 is 0 Å². The quantitative estimate of drug-likeness (QED) is 0.838. The van der Waals surface area contributed by atoms with E-state index in [4.69, 9.17) is 14.5 Å². The van der Waals surface area contributed by atoms with Crippen molar-refractivity contribution < 1.29 is 14.1 Å². The Kier molecular flexibility index (Phi) is 4.11. The summed E-state index contributed by atoms with van der Waals surface area (Å²) in [5.41, 5.74) is 0.206. The Hall–Kier alpha value is -2.88. The third-order valence-corrected chi connectivity index (χ3v) is 5.54. The monoisotopic (exact) mass is 352 g/mol. The van der Waals surface area contributed by atoms with E-state index in [0.717, 1.165) is 19.3 Å². The Morgan fingerprint density at radius 1 is 1.50 bits per heavy atom. The van der Waals surface area contributed by atoms with Crippen LogP contribution in [0.4, 0.5) is 0 Å². The Morgan fingerprint density at radius 3 is 3.12 bits per heavy atom. The first-order valence-electron chi connectivity index (χ1n) is 8.83. The lowest BCUT2D eigenvalue weighted by atomic mass is 9.80. The zero-order valence-electron chi connectivity index (χ0n) is 14.6. The van der Waals surface area contributed by atoms with Crippen LogP contribution in [0.1, 0.15) is 36.5 Å². The Bertz CT molecular complexity index is 872. The average Bonchev–Trinajstić information content (AvgIpc) is 3.33. The topological polar surface area (TPSA) is 92.3 Å². The smallest absolute Gasteiger partial charge is 0.260 e. The number of ether oxygens (including phenoxy) is 1. The number of nitrogens with zero attached hydrogens (tertiary/aromatic N) is 4. The highest BCUT2D eigenvalue weighted by atomic mass is 16.5. The molecule has 2 fully saturated rings. The first-order chi connectivity index (χ1) is 12.6. The molecule has 0 unspecified atom stereocenters. The number of para-hydroxylation sites is 1. The Balaban J connectivity index is 1.46. The van der Waals surface area contributed by atoms with Crippen molar-refractivity contribution in [3.8, 4) is 11.8 Å². The molecule has 7 heteroatoms. The lowest BCUT2D eigenvalue weighted by Gasteiger charge is -2.24. The number of carbonyl (C=O) groups excluding carboxylic acids is 1. The van der Waals surface area contributed by atoms with Crippen LogP contribution in [0, 0.1) is 24.2 Å². The van der Waals surface area contributed by atoms with E-state index >= 15 is 0 Å². The molecule has 2 heterocycles. The number of benzene rings is 1. The highest BCUT2D eigenvalue weighted by Gasteiger charge is 2.55. The van der Waals surface area contributed by atoms with Gasteiger partial charge in [-0.1, -0.05) is 23.7 Å². The van der Waals surface area contributed by atoms with Crippen molar-refractivity contribution >= 4 is 5.91 Å². The zero-order valence-corrected chi connectivity index (χ0v) is 14.6. The second-order valence-corrected chi connectivity index (χ2v) is 7.06. The fraction of sp³-hybridized carbons (Fsp3) is 0.474. The molecule has 0 N–H and O–H groups in total. The largest absolute Gasteiger partial charge is 0.482 e. The molecule has 1 aliphatic carbocycles. The summed E-state index contributed by atoms with van der Waals surface area (Å²) in [6.07, 6.45) is 3.13. The van der Waals surface area contributed by atoms with Crippen molar-refractivity contribution in [1.29, 1.82) is 5.26 Å². The van der Waals surface area contributed by atoms with Crippen LogP contribution < -0.4 is 4.74 Å². The fourth-order valence-corrected chi connectivity index (χ4v) is 4.24. The van der Waals surface area contributed by atoms with Crippen molar-refractivity contribution in [3.63, 3.8) is 0 Å². The van der Waals surface area contributed by atoms with E-state index in [0.29, 0.717) is 42.0 Å². The van der Waals surface area contributed by atoms with Gasteiger partial charge in [-0.05, 0) is 37.8 Å². The van der Waals surface area contributed by atoms with E-state index in [-0.39, 0.29) is 17.9 Å². The summed E-state index contributed by atoms with van der Waals surface area (Å²) in [7, 11) is 0. The number of rotatable bonds is 4. The zero-order chi connectivity index (χ0) is 18.1. The second-order valence-electron chi connectivity index (χ2n) is 7.06. The fourth-order valence-electron chi connectivity index (χ4n) is 4.24. The van der Waals surface area contributed by atoms with E-state index in [1.54, 1.807) is 24.3 Å². The van der Waals surface area contributed by atoms with Gasteiger partial charge in [0.15, 0.2) is 12.4 Å². The van der Waals surface area contributed by atoms with Crippen molar-refractivity contribution in [2.45, 2.75) is 31.6 Å². The van der Waals surface area contributed by atoms with Crippen LogP contribution in [0.5, 0.6) is 5.75 Å². The van der Waals surface area contributed by atoms with E-state index in [1.807, 2.05) is 11.8 Å².